The molecule has 2 heterocycles. The topological polar surface area (TPSA) is 44.5 Å². The Kier molecular flexibility index (Phi) is 6.40. The molecule has 0 bridgehead atoms. The monoisotopic (exact) mass is 360 g/mol. The molecule has 1 aliphatic rings. The highest BCUT2D eigenvalue weighted by atomic mass is 19.1. The van der Waals surface area contributed by atoms with Gasteiger partial charge in [0, 0.05) is 57.1 Å². The van der Waals surface area contributed by atoms with Crippen LogP contribution >= 0.6 is 0 Å². The van der Waals surface area contributed by atoms with Crippen LogP contribution in [0.4, 0.5) is 4.39 Å². The molecule has 1 aliphatic heterocycles. The Hall–Kier alpha value is -1.76. The van der Waals surface area contributed by atoms with E-state index in [1.54, 1.807) is 16.8 Å². The van der Waals surface area contributed by atoms with Gasteiger partial charge in [0.25, 0.3) is 0 Å². The molecule has 6 heteroatoms. The first-order chi connectivity index (χ1) is 12.5. The second kappa shape index (κ2) is 8.75. The van der Waals surface area contributed by atoms with E-state index in [1.165, 1.54) is 12.1 Å². The second-order valence-electron chi connectivity index (χ2n) is 7.56. The quantitative estimate of drug-likeness (QED) is 0.824. The first kappa shape index (κ1) is 19.0. The predicted molar refractivity (Wildman–Crippen MR) is 101 cm³/mol. The number of hydrogen-bond donors (Lipinski definition) is 1. The lowest BCUT2D eigenvalue weighted by molar-refractivity contribution is 0.0477. The largest absolute Gasteiger partial charge is 0.396 e. The molecular weight excluding hydrogens is 331 g/mol. The summed E-state index contributed by atoms with van der Waals surface area (Å²) in [4.78, 5) is 4.95. The molecule has 1 atom stereocenters. The van der Waals surface area contributed by atoms with Crippen LogP contribution in [0.5, 0.6) is 0 Å². The van der Waals surface area contributed by atoms with E-state index in [1.807, 2.05) is 12.4 Å². The summed E-state index contributed by atoms with van der Waals surface area (Å²) < 4.78 is 14.9. The summed E-state index contributed by atoms with van der Waals surface area (Å²) in [7, 11) is 0. The second-order valence-corrected chi connectivity index (χ2v) is 7.56. The van der Waals surface area contributed by atoms with Gasteiger partial charge in [-0.05, 0) is 36.6 Å². The minimum atomic E-state index is -0.240. The molecule has 0 amide bonds. The highest BCUT2D eigenvalue weighted by molar-refractivity contribution is 5.31. The fourth-order valence-corrected chi connectivity index (χ4v) is 3.67. The van der Waals surface area contributed by atoms with Gasteiger partial charge in [0.2, 0.25) is 0 Å². The Morgan fingerprint density at radius 2 is 2.00 bits per heavy atom. The van der Waals surface area contributed by atoms with E-state index in [0.29, 0.717) is 12.0 Å². The molecule has 1 fully saturated rings. The Balaban J connectivity index is 1.61. The molecule has 1 saturated heterocycles. The zero-order valence-corrected chi connectivity index (χ0v) is 15.7. The highest BCUT2D eigenvalue weighted by Crippen LogP contribution is 2.18. The van der Waals surface area contributed by atoms with Crippen molar-refractivity contribution >= 4 is 0 Å². The van der Waals surface area contributed by atoms with Gasteiger partial charge in [-0.2, -0.15) is 5.10 Å². The van der Waals surface area contributed by atoms with Crippen molar-refractivity contribution in [2.45, 2.75) is 32.9 Å². The minimum absolute atomic E-state index is 0.232. The third kappa shape index (κ3) is 4.90. The molecule has 26 heavy (non-hydrogen) atoms. The molecule has 1 aromatic carbocycles. The van der Waals surface area contributed by atoms with Crippen molar-refractivity contribution in [1.29, 1.82) is 0 Å². The van der Waals surface area contributed by atoms with Gasteiger partial charge in [0.05, 0.1) is 11.9 Å². The summed E-state index contributed by atoms with van der Waals surface area (Å²) in [6.07, 6.45) is 4.71. The van der Waals surface area contributed by atoms with Gasteiger partial charge < -0.3 is 5.11 Å². The molecule has 1 aromatic heterocycles. The summed E-state index contributed by atoms with van der Waals surface area (Å²) in [5, 5.41) is 13.8. The minimum Gasteiger partial charge on any atom is -0.396 e. The molecule has 0 unspecified atom stereocenters. The molecule has 0 spiro atoms. The van der Waals surface area contributed by atoms with Gasteiger partial charge in [-0.3, -0.25) is 9.80 Å². The van der Waals surface area contributed by atoms with Crippen LogP contribution in [-0.4, -0.2) is 63.5 Å². The van der Waals surface area contributed by atoms with E-state index < -0.39 is 0 Å². The summed E-state index contributed by atoms with van der Waals surface area (Å²) in [5.41, 5.74) is 2.01. The van der Waals surface area contributed by atoms with Crippen LogP contribution in [0.2, 0.25) is 0 Å². The van der Waals surface area contributed by atoms with Crippen LogP contribution in [-0.2, 0) is 6.54 Å². The predicted octanol–water partition coefficient (Wildman–Crippen LogP) is 2.54. The molecular formula is C20H29FN4O. The van der Waals surface area contributed by atoms with Gasteiger partial charge in [-0.15, -0.1) is 0 Å². The van der Waals surface area contributed by atoms with Crippen molar-refractivity contribution in [2.24, 2.45) is 5.92 Å². The van der Waals surface area contributed by atoms with Crippen LogP contribution < -0.4 is 0 Å². The van der Waals surface area contributed by atoms with Crippen LogP contribution in [0.25, 0.3) is 5.69 Å². The van der Waals surface area contributed by atoms with Gasteiger partial charge in [0.15, 0.2) is 0 Å². The number of benzene rings is 1. The average molecular weight is 360 g/mol. The third-order valence-electron chi connectivity index (χ3n) is 4.88. The molecule has 3 rings (SSSR count). The average Bonchev–Trinajstić information content (AvgIpc) is 3.06. The molecule has 0 saturated carbocycles. The lowest BCUT2D eigenvalue weighted by atomic mass is 10.1. The highest BCUT2D eigenvalue weighted by Gasteiger charge is 2.27. The standard InChI is InChI=1S/C20H29FN4O/c1-16(2)12-24-9-8-23(15-20(24)7-10-26)13-17-11-22-25(14-17)19-5-3-18(21)4-6-19/h3-6,11,14,16,20,26H,7-10,12-13,15H2,1-2H3/t20-/m0/s1. The third-order valence-corrected chi connectivity index (χ3v) is 4.88. The number of hydrogen-bond acceptors (Lipinski definition) is 4. The normalized spacial score (nSPS) is 19.3. The smallest absolute Gasteiger partial charge is 0.123 e. The summed E-state index contributed by atoms with van der Waals surface area (Å²) in [5.74, 6) is 0.395. The molecule has 0 aliphatic carbocycles. The maximum absolute atomic E-state index is 13.1. The Morgan fingerprint density at radius 1 is 1.23 bits per heavy atom. The van der Waals surface area contributed by atoms with E-state index >= 15 is 0 Å². The maximum atomic E-state index is 13.1. The number of aromatic nitrogens is 2. The lowest BCUT2D eigenvalue weighted by Gasteiger charge is -2.42. The van der Waals surface area contributed by atoms with E-state index in [-0.39, 0.29) is 12.4 Å². The molecule has 1 N–H and O–H groups in total. The van der Waals surface area contributed by atoms with Crippen molar-refractivity contribution in [3.8, 4) is 5.69 Å². The summed E-state index contributed by atoms with van der Waals surface area (Å²) >= 11 is 0. The Bertz CT molecular complexity index is 685. The fraction of sp³-hybridized carbons (Fsp3) is 0.550. The van der Waals surface area contributed by atoms with Gasteiger partial charge >= 0.3 is 0 Å². The van der Waals surface area contributed by atoms with Crippen molar-refractivity contribution < 1.29 is 9.50 Å². The Labute approximate surface area is 155 Å². The van der Waals surface area contributed by atoms with Gasteiger partial charge in [-0.25, -0.2) is 9.07 Å². The van der Waals surface area contributed by atoms with Gasteiger partial charge in [0.1, 0.15) is 5.82 Å². The van der Waals surface area contributed by atoms with Crippen LogP contribution in [0.15, 0.2) is 36.7 Å². The SMILES string of the molecule is CC(C)CN1CCN(Cc2cnn(-c3ccc(F)cc3)c2)C[C@@H]1CCO. The fourth-order valence-electron chi connectivity index (χ4n) is 3.67. The van der Waals surface area contributed by atoms with E-state index in [9.17, 15) is 9.50 Å². The van der Waals surface area contributed by atoms with E-state index in [4.69, 9.17) is 0 Å². The van der Waals surface area contributed by atoms with Crippen molar-refractivity contribution in [3.63, 3.8) is 0 Å². The summed E-state index contributed by atoms with van der Waals surface area (Å²) in [6.45, 7) is 9.67. The first-order valence-corrected chi connectivity index (χ1v) is 9.42. The van der Waals surface area contributed by atoms with Crippen molar-refractivity contribution in [1.82, 2.24) is 19.6 Å². The van der Waals surface area contributed by atoms with Gasteiger partial charge in [-0.1, -0.05) is 13.8 Å². The van der Waals surface area contributed by atoms with Crippen molar-refractivity contribution in [2.75, 3.05) is 32.8 Å². The number of nitrogens with zero attached hydrogens (tertiary/aromatic N) is 4. The number of aliphatic hydroxyl groups excluding tert-OH is 1. The van der Waals surface area contributed by atoms with Crippen LogP contribution in [0.3, 0.4) is 0 Å². The molecule has 5 nitrogen and oxygen atoms in total. The van der Waals surface area contributed by atoms with Crippen LogP contribution in [0, 0.1) is 11.7 Å². The van der Waals surface area contributed by atoms with E-state index in [2.05, 4.69) is 28.7 Å². The number of halogens is 1. The lowest BCUT2D eigenvalue weighted by Crippen LogP contribution is -2.53. The Morgan fingerprint density at radius 3 is 2.69 bits per heavy atom. The summed E-state index contributed by atoms with van der Waals surface area (Å²) in [6, 6.07) is 6.76. The number of aliphatic hydroxyl groups is 1. The van der Waals surface area contributed by atoms with Crippen molar-refractivity contribution in [3.05, 3.63) is 48.0 Å². The molecule has 0 radical (unpaired) electrons. The number of piperazine rings is 1. The van der Waals surface area contributed by atoms with Crippen LogP contribution in [0.1, 0.15) is 25.8 Å². The maximum Gasteiger partial charge on any atom is 0.123 e. The first-order valence-electron chi connectivity index (χ1n) is 9.42. The molecule has 142 valence electrons. The van der Waals surface area contributed by atoms with E-state index in [0.717, 1.165) is 50.4 Å². The molecule has 2 aromatic rings. The zero-order valence-electron chi connectivity index (χ0n) is 15.7. The zero-order chi connectivity index (χ0) is 18.5. The number of rotatable bonds is 7.